The van der Waals surface area contributed by atoms with Crippen LogP contribution in [0.2, 0.25) is 0 Å². The van der Waals surface area contributed by atoms with Gasteiger partial charge in [-0.1, -0.05) is 0 Å². The van der Waals surface area contributed by atoms with E-state index in [1.54, 1.807) is 0 Å². The Balaban J connectivity index is 3.16. The smallest absolute Gasteiger partial charge is 0.339 e. The minimum Gasteiger partial charge on any atom is -0.452 e. The van der Waals surface area contributed by atoms with Crippen molar-refractivity contribution in [2.45, 2.75) is 4.90 Å². The topological polar surface area (TPSA) is 107 Å². The zero-order valence-electron chi connectivity index (χ0n) is 10.8. The lowest BCUT2D eigenvalue weighted by Crippen LogP contribution is -2.23. The molecule has 0 aliphatic heterocycles. The molecule has 110 valence electrons. The first-order valence-electron chi connectivity index (χ1n) is 5.33. The Hall–Kier alpha value is -1.45. The molecular weight excluding hydrogens is 352 g/mol. The Morgan fingerprint density at radius 3 is 2.45 bits per heavy atom. The van der Waals surface area contributed by atoms with Crippen LogP contribution in [0.5, 0.6) is 0 Å². The first-order chi connectivity index (χ1) is 9.16. The third-order valence-corrected chi connectivity index (χ3v) is 4.78. The van der Waals surface area contributed by atoms with E-state index < -0.39 is 28.5 Å². The number of amides is 1. The van der Waals surface area contributed by atoms with Crippen LogP contribution in [-0.2, 0) is 19.6 Å². The van der Waals surface area contributed by atoms with Gasteiger partial charge in [0.15, 0.2) is 6.61 Å². The number of hydrogen-bond acceptors (Lipinski definition) is 5. The molecule has 0 spiro atoms. The van der Waals surface area contributed by atoms with Gasteiger partial charge in [-0.25, -0.2) is 17.5 Å². The van der Waals surface area contributed by atoms with Crippen LogP contribution in [0.4, 0.5) is 0 Å². The van der Waals surface area contributed by atoms with Gasteiger partial charge in [-0.15, -0.1) is 0 Å². The number of sulfonamides is 1. The average Bonchev–Trinajstić information content (AvgIpc) is 2.35. The number of halogens is 1. The molecule has 0 unspecified atom stereocenters. The fraction of sp³-hybridized carbons (Fsp3) is 0.273. The Bertz CT molecular complexity index is 642. The lowest BCUT2D eigenvalue weighted by atomic mass is 10.2. The largest absolute Gasteiger partial charge is 0.452 e. The summed E-state index contributed by atoms with van der Waals surface area (Å²) < 4.78 is 30.0. The van der Waals surface area contributed by atoms with E-state index in [2.05, 4.69) is 20.7 Å². The molecule has 1 rings (SSSR count). The number of nitrogens with zero attached hydrogens (tertiary/aromatic N) is 1. The van der Waals surface area contributed by atoms with E-state index in [1.165, 1.54) is 32.3 Å². The van der Waals surface area contributed by atoms with E-state index in [4.69, 9.17) is 5.73 Å². The highest BCUT2D eigenvalue weighted by Crippen LogP contribution is 2.23. The second-order valence-electron chi connectivity index (χ2n) is 3.97. The van der Waals surface area contributed by atoms with Gasteiger partial charge in [-0.05, 0) is 34.1 Å². The number of carbonyl (C=O) groups excluding carboxylic acids is 2. The summed E-state index contributed by atoms with van der Waals surface area (Å²) in [6.07, 6.45) is 0. The minimum absolute atomic E-state index is 0.00539. The van der Waals surface area contributed by atoms with Crippen LogP contribution < -0.4 is 5.73 Å². The van der Waals surface area contributed by atoms with Crippen LogP contribution >= 0.6 is 15.9 Å². The highest BCUT2D eigenvalue weighted by Gasteiger charge is 2.21. The van der Waals surface area contributed by atoms with Gasteiger partial charge in [-0.3, -0.25) is 4.79 Å². The Morgan fingerprint density at radius 2 is 1.95 bits per heavy atom. The molecule has 7 nitrogen and oxygen atoms in total. The van der Waals surface area contributed by atoms with Crippen molar-refractivity contribution in [3.05, 3.63) is 28.2 Å². The molecule has 0 aromatic heterocycles. The summed E-state index contributed by atoms with van der Waals surface area (Å²) in [5, 5.41) is 0. The summed E-state index contributed by atoms with van der Waals surface area (Å²) in [4.78, 5) is 22.3. The molecule has 9 heteroatoms. The van der Waals surface area contributed by atoms with E-state index in [9.17, 15) is 18.0 Å². The zero-order valence-corrected chi connectivity index (χ0v) is 13.2. The molecule has 0 atom stereocenters. The standard InChI is InChI=1S/C11H13BrN2O5S/c1-14(2)20(17,18)7-3-4-9(12)8(5-7)11(16)19-6-10(13)15/h3-5H,6H2,1-2H3,(H2,13,15). The van der Waals surface area contributed by atoms with Crippen LogP contribution in [-0.4, -0.2) is 45.3 Å². The van der Waals surface area contributed by atoms with Crippen LogP contribution in [0.25, 0.3) is 0 Å². The van der Waals surface area contributed by atoms with E-state index in [-0.39, 0.29) is 10.5 Å². The van der Waals surface area contributed by atoms with E-state index >= 15 is 0 Å². The number of primary amides is 1. The molecular formula is C11H13BrN2O5S. The predicted octanol–water partition coefficient (Wildman–Crippen LogP) is 0.342. The van der Waals surface area contributed by atoms with E-state index in [0.717, 1.165) is 4.31 Å². The van der Waals surface area contributed by atoms with Crippen LogP contribution in [0.1, 0.15) is 10.4 Å². The minimum atomic E-state index is -3.67. The van der Waals surface area contributed by atoms with Crippen molar-refractivity contribution in [3.8, 4) is 0 Å². The molecule has 0 radical (unpaired) electrons. The average molecular weight is 365 g/mol. The van der Waals surface area contributed by atoms with Crippen LogP contribution in [0.15, 0.2) is 27.6 Å². The number of carbonyl (C=O) groups is 2. The molecule has 0 fully saturated rings. The summed E-state index contributed by atoms with van der Waals surface area (Å²) in [5.74, 6) is -1.64. The van der Waals surface area contributed by atoms with E-state index in [0.29, 0.717) is 4.47 Å². The monoisotopic (exact) mass is 364 g/mol. The molecule has 0 aliphatic rings. The van der Waals surface area contributed by atoms with Crippen LogP contribution in [0, 0.1) is 0 Å². The van der Waals surface area contributed by atoms with Gasteiger partial charge in [0, 0.05) is 18.6 Å². The Kier molecular flexibility index (Phi) is 5.26. The number of ether oxygens (including phenoxy) is 1. The zero-order chi connectivity index (χ0) is 15.5. The maximum absolute atomic E-state index is 12.0. The number of rotatable bonds is 5. The molecule has 0 heterocycles. The quantitative estimate of drug-likeness (QED) is 0.758. The molecule has 0 bridgehead atoms. The molecule has 0 saturated heterocycles. The molecule has 1 amide bonds. The fourth-order valence-electron chi connectivity index (χ4n) is 1.25. The van der Waals surface area contributed by atoms with Gasteiger partial charge < -0.3 is 10.5 Å². The second kappa shape index (κ2) is 6.33. The number of nitrogens with two attached hydrogens (primary N) is 1. The molecule has 2 N–H and O–H groups in total. The molecule has 1 aromatic rings. The summed E-state index contributed by atoms with van der Waals surface area (Å²) in [5.41, 5.74) is 4.86. The normalized spacial score (nSPS) is 11.4. The fourth-order valence-corrected chi connectivity index (χ4v) is 2.58. The van der Waals surface area contributed by atoms with Crippen molar-refractivity contribution in [3.63, 3.8) is 0 Å². The number of benzene rings is 1. The molecule has 20 heavy (non-hydrogen) atoms. The summed E-state index contributed by atoms with van der Waals surface area (Å²) in [6.45, 7) is -0.573. The molecule has 0 saturated carbocycles. The number of hydrogen-bond donors (Lipinski definition) is 1. The second-order valence-corrected chi connectivity index (χ2v) is 6.98. The first kappa shape index (κ1) is 16.6. The Morgan fingerprint density at radius 1 is 1.35 bits per heavy atom. The lowest BCUT2D eigenvalue weighted by Gasteiger charge is -2.12. The third kappa shape index (κ3) is 3.78. The van der Waals surface area contributed by atoms with E-state index in [1.807, 2.05) is 0 Å². The first-order valence-corrected chi connectivity index (χ1v) is 7.57. The Labute approximate surface area is 124 Å². The van der Waals surface area contributed by atoms with Crippen molar-refractivity contribution in [1.82, 2.24) is 4.31 Å². The van der Waals surface area contributed by atoms with Gasteiger partial charge in [-0.2, -0.15) is 0 Å². The highest BCUT2D eigenvalue weighted by molar-refractivity contribution is 9.10. The third-order valence-electron chi connectivity index (χ3n) is 2.28. The van der Waals surface area contributed by atoms with Gasteiger partial charge >= 0.3 is 5.97 Å². The maximum Gasteiger partial charge on any atom is 0.339 e. The SMILES string of the molecule is CN(C)S(=O)(=O)c1ccc(Br)c(C(=O)OCC(N)=O)c1. The number of esters is 1. The molecule has 0 aliphatic carbocycles. The van der Waals surface area contributed by atoms with Gasteiger partial charge in [0.1, 0.15) is 0 Å². The van der Waals surface area contributed by atoms with Gasteiger partial charge in [0.05, 0.1) is 10.5 Å². The molecule has 1 aromatic carbocycles. The highest BCUT2D eigenvalue weighted by atomic mass is 79.9. The van der Waals surface area contributed by atoms with Gasteiger partial charge in [0.25, 0.3) is 5.91 Å². The maximum atomic E-state index is 12.0. The van der Waals surface area contributed by atoms with Crippen LogP contribution in [0.3, 0.4) is 0 Å². The van der Waals surface area contributed by atoms with Crippen molar-refractivity contribution in [2.75, 3.05) is 20.7 Å². The predicted molar refractivity (Wildman–Crippen MR) is 74.5 cm³/mol. The summed E-state index contributed by atoms with van der Waals surface area (Å²) >= 11 is 3.12. The summed E-state index contributed by atoms with van der Waals surface area (Å²) in [6, 6.07) is 3.93. The van der Waals surface area contributed by atoms with Crippen molar-refractivity contribution in [1.29, 1.82) is 0 Å². The lowest BCUT2D eigenvalue weighted by molar-refractivity contribution is -0.121. The van der Waals surface area contributed by atoms with Crippen molar-refractivity contribution in [2.24, 2.45) is 5.73 Å². The summed E-state index contributed by atoms with van der Waals surface area (Å²) in [7, 11) is -0.913. The van der Waals surface area contributed by atoms with Crippen molar-refractivity contribution < 1.29 is 22.7 Å². The van der Waals surface area contributed by atoms with Crippen molar-refractivity contribution >= 4 is 37.8 Å². The van der Waals surface area contributed by atoms with Gasteiger partial charge in [0.2, 0.25) is 10.0 Å².